The number of Topliss-reactive ketones (excluding diaryl/α,β-unsaturated/α-hetero) is 1. The topological polar surface area (TPSA) is 81.1 Å². The Morgan fingerprint density at radius 2 is 1.96 bits per heavy atom. The maximum atomic E-state index is 12.7. The van der Waals surface area contributed by atoms with Crippen LogP contribution >= 0.6 is 0 Å². The fourth-order valence-corrected chi connectivity index (χ4v) is 3.25. The number of amides is 1. The molecule has 0 spiro atoms. The monoisotopic (exact) mass is 360 g/mol. The van der Waals surface area contributed by atoms with E-state index in [1.807, 2.05) is 32.8 Å². The van der Waals surface area contributed by atoms with Gasteiger partial charge in [-0.3, -0.25) is 9.59 Å². The highest BCUT2D eigenvalue weighted by molar-refractivity contribution is 6.09. The van der Waals surface area contributed by atoms with E-state index in [1.54, 1.807) is 12.1 Å². The molecule has 6 nitrogen and oxygen atoms in total. The van der Waals surface area contributed by atoms with Gasteiger partial charge in [0.1, 0.15) is 5.75 Å². The van der Waals surface area contributed by atoms with Gasteiger partial charge in [-0.2, -0.15) is 0 Å². The maximum absolute atomic E-state index is 12.7. The van der Waals surface area contributed by atoms with Gasteiger partial charge in [-0.1, -0.05) is 26.0 Å². The van der Waals surface area contributed by atoms with Crippen LogP contribution in [-0.2, 0) is 9.59 Å². The molecule has 0 radical (unpaired) electrons. The van der Waals surface area contributed by atoms with Crippen LogP contribution in [0.3, 0.4) is 0 Å². The first-order chi connectivity index (χ1) is 12.2. The van der Waals surface area contributed by atoms with E-state index in [0.29, 0.717) is 18.5 Å². The number of carbonyl (C=O) groups excluding carboxylic acids is 2. The molecule has 1 heterocycles. The number of ketones is 1. The Morgan fingerprint density at radius 1 is 1.27 bits per heavy atom. The molecule has 142 valence electrons. The molecule has 1 amide bonds. The van der Waals surface area contributed by atoms with Gasteiger partial charge in [-0.15, -0.1) is 0 Å². The van der Waals surface area contributed by atoms with E-state index in [0.717, 1.165) is 6.54 Å². The number of benzene rings is 1. The molecule has 2 rings (SSSR count). The second-order valence-electron chi connectivity index (χ2n) is 7.44. The number of aromatic hydroxyl groups is 1. The average molecular weight is 360 g/mol. The second-order valence-corrected chi connectivity index (χ2v) is 7.44. The summed E-state index contributed by atoms with van der Waals surface area (Å²) in [7, 11) is 3.90. The van der Waals surface area contributed by atoms with Gasteiger partial charge in [0, 0.05) is 13.0 Å². The van der Waals surface area contributed by atoms with Crippen molar-refractivity contribution in [3.63, 3.8) is 0 Å². The molecule has 2 N–H and O–H groups in total. The Balaban J connectivity index is 2.40. The lowest BCUT2D eigenvalue weighted by Crippen LogP contribution is -2.33. The molecule has 1 aromatic carbocycles. The number of aliphatic hydroxyl groups is 1. The van der Waals surface area contributed by atoms with Crippen LogP contribution in [0.15, 0.2) is 35.6 Å². The lowest BCUT2D eigenvalue weighted by molar-refractivity contribution is -0.129. The molecule has 1 aromatic rings. The molecule has 0 fully saturated rings. The maximum Gasteiger partial charge on any atom is 0.290 e. The average Bonchev–Trinajstić information content (AvgIpc) is 2.79. The quantitative estimate of drug-likeness (QED) is 0.745. The second kappa shape index (κ2) is 8.36. The predicted octanol–water partition coefficient (Wildman–Crippen LogP) is 2.65. The summed E-state index contributed by atoms with van der Waals surface area (Å²) >= 11 is 0. The zero-order valence-electron chi connectivity index (χ0n) is 15.9. The van der Waals surface area contributed by atoms with Crippen LogP contribution in [-0.4, -0.2) is 58.9 Å². The lowest BCUT2D eigenvalue weighted by Gasteiger charge is -2.27. The molecule has 1 aliphatic heterocycles. The first kappa shape index (κ1) is 20.0. The Morgan fingerprint density at radius 3 is 2.54 bits per heavy atom. The van der Waals surface area contributed by atoms with E-state index in [9.17, 15) is 19.8 Å². The van der Waals surface area contributed by atoms with Crippen LogP contribution in [0.2, 0.25) is 0 Å². The number of hydrogen-bond acceptors (Lipinski definition) is 5. The summed E-state index contributed by atoms with van der Waals surface area (Å²) < 4.78 is 0. The van der Waals surface area contributed by atoms with Crippen molar-refractivity contribution >= 4 is 11.7 Å². The SMILES string of the molecule is CC(C)CC(=O)C1=C(O)C(=O)N(CCCN(C)C)C1c1cccc(O)c1. The Hall–Kier alpha value is -2.34. The third-order valence-corrected chi connectivity index (χ3v) is 4.39. The van der Waals surface area contributed by atoms with E-state index >= 15 is 0 Å². The van der Waals surface area contributed by atoms with E-state index < -0.39 is 17.7 Å². The minimum Gasteiger partial charge on any atom is -0.508 e. The first-order valence-corrected chi connectivity index (χ1v) is 8.93. The van der Waals surface area contributed by atoms with Crippen LogP contribution in [0, 0.1) is 5.92 Å². The molecular weight excluding hydrogens is 332 g/mol. The number of rotatable bonds is 8. The van der Waals surface area contributed by atoms with Crippen molar-refractivity contribution in [1.29, 1.82) is 0 Å². The van der Waals surface area contributed by atoms with Crippen molar-refractivity contribution in [1.82, 2.24) is 9.80 Å². The Labute approximate surface area is 154 Å². The number of hydrogen-bond donors (Lipinski definition) is 2. The summed E-state index contributed by atoms with van der Waals surface area (Å²) in [6.45, 7) is 5.04. The summed E-state index contributed by atoms with van der Waals surface area (Å²) in [6.07, 6.45) is 0.973. The van der Waals surface area contributed by atoms with Crippen molar-refractivity contribution in [2.24, 2.45) is 5.92 Å². The van der Waals surface area contributed by atoms with Gasteiger partial charge < -0.3 is 20.0 Å². The van der Waals surface area contributed by atoms with E-state index in [4.69, 9.17) is 0 Å². The van der Waals surface area contributed by atoms with Gasteiger partial charge in [0.05, 0.1) is 11.6 Å². The molecule has 1 unspecified atom stereocenters. The fourth-order valence-electron chi connectivity index (χ4n) is 3.25. The smallest absolute Gasteiger partial charge is 0.290 e. The van der Waals surface area contributed by atoms with Crippen LogP contribution < -0.4 is 0 Å². The summed E-state index contributed by atoms with van der Waals surface area (Å²) in [5, 5.41) is 20.3. The number of phenols is 1. The molecule has 1 aliphatic rings. The molecular formula is C20H28N2O4. The highest BCUT2D eigenvalue weighted by Crippen LogP contribution is 2.39. The van der Waals surface area contributed by atoms with Gasteiger partial charge in [-0.05, 0) is 50.7 Å². The standard InChI is InChI=1S/C20H28N2O4/c1-13(2)11-16(24)17-18(14-7-5-8-15(23)12-14)22(20(26)19(17)25)10-6-9-21(3)4/h5,7-8,12-13,18,23,25H,6,9-11H2,1-4H3. The number of phenolic OH excluding ortho intramolecular Hbond substituents is 1. The van der Waals surface area contributed by atoms with E-state index in [2.05, 4.69) is 0 Å². The molecule has 0 bridgehead atoms. The molecule has 0 aliphatic carbocycles. The minimum atomic E-state index is -0.664. The molecule has 0 saturated carbocycles. The third-order valence-electron chi connectivity index (χ3n) is 4.39. The molecule has 1 atom stereocenters. The zero-order chi connectivity index (χ0) is 19.4. The summed E-state index contributed by atoms with van der Waals surface area (Å²) in [6, 6.07) is 5.85. The predicted molar refractivity (Wildman–Crippen MR) is 99.8 cm³/mol. The fraction of sp³-hybridized carbons (Fsp3) is 0.500. The number of aliphatic hydroxyl groups excluding tert-OH is 1. The molecule has 6 heteroatoms. The molecule has 0 aromatic heterocycles. The van der Waals surface area contributed by atoms with Crippen molar-refractivity contribution in [3.8, 4) is 5.75 Å². The largest absolute Gasteiger partial charge is 0.508 e. The molecule has 0 saturated heterocycles. The van der Waals surface area contributed by atoms with Gasteiger partial charge >= 0.3 is 0 Å². The lowest BCUT2D eigenvalue weighted by atomic mass is 9.92. The number of carbonyl (C=O) groups is 2. The highest BCUT2D eigenvalue weighted by atomic mass is 16.3. The molecule has 26 heavy (non-hydrogen) atoms. The highest BCUT2D eigenvalue weighted by Gasteiger charge is 2.43. The number of nitrogens with zero attached hydrogens (tertiary/aromatic N) is 2. The van der Waals surface area contributed by atoms with Crippen LogP contribution in [0.4, 0.5) is 0 Å². The third kappa shape index (κ3) is 4.43. The van der Waals surface area contributed by atoms with Crippen LogP contribution in [0.5, 0.6) is 5.75 Å². The zero-order valence-corrected chi connectivity index (χ0v) is 15.9. The first-order valence-electron chi connectivity index (χ1n) is 8.93. The van der Waals surface area contributed by atoms with Gasteiger partial charge in [0.2, 0.25) is 0 Å². The van der Waals surface area contributed by atoms with E-state index in [-0.39, 0.29) is 29.4 Å². The Kier molecular flexibility index (Phi) is 6.42. The van der Waals surface area contributed by atoms with Crippen LogP contribution in [0.25, 0.3) is 0 Å². The van der Waals surface area contributed by atoms with E-state index in [1.165, 1.54) is 17.0 Å². The van der Waals surface area contributed by atoms with Crippen LogP contribution in [0.1, 0.15) is 38.3 Å². The summed E-state index contributed by atoms with van der Waals surface area (Å²) in [4.78, 5) is 28.9. The van der Waals surface area contributed by atoms with Gasteiger partial charge in [-0.25, -0.2) is 0 Å². The summed E-state index contributed by atoms with van der Waals surface area (Å²) in [5.41, 5.74) is 0.763. The minimum absolute atomic E-state index is 0.0604. The summed E-state index contributed by atoms with van der Waals surface area (Å²) in [5.74, 6) is -1.04. The normalized spacial score (nSPS) is 17.7. The van der Waals surface area contributed by atoms with Crippen molar-refractivity contribution in [2.75, 3.05) is 27.2 Å². The van der Waals surface area contributed by atoms with Gasteiger partial charge in [0.15, 0.2) is 11.5 Å². The van der Waals surface area contributed by atoms with Gasteiger partial charge in [0.25, 0.3) is 5.91 Å². The Bertz CT molecular complexity index is 710. The van der Waals surface area contributed by atoms with Crippen molar-refractivity contribution in [3.05, 3.63) is 41.2 Å². The van der Waals surface area contributed by atoms with Crippen molar-refractivity contribution < 1.29 is 19.8 Å². The van der Waals surface area contributed by atoms with Crippen molar-refractivity contribution in [2.45, 2.75) is 32.7 Å².